The number of rotatable bonds is 5. The lowest BCUT2D eigenvalue weighted by molar-refractivity contribution is 0.161. The summed E-state index contributed by atoms with van der Waals surface area (Å²) in [6.45, 7) is 1.54. The van der Waals surface area contributed by atoms with Crippen LogP contribution in [0.1, 0.15) is 18.2 Å². The summed E-state index contributed by atoms with van der Waals surface area (Å²) in [6.07, 6.45) is 2.81. The third-order valence-electron chi connectivity index (χ3n) is 3.46. The van der Waals surface area contributed by atoms with Gasteiger partial charge in [-0.05, 0) is 18.6 Å². The van der Waals surface area contributed by atoms with E-state index in [9.17, 15) is 8.42 Å². The summed E-state index contributed by atoms with van der Waals surface area (Å²) in [5.74, 6) is 0. The van der Waals surface area contributed by atoms with Crippen molar-refractivity contribution in [2.24, 2.45) is 0 Å². The molecule has 0 amide bonds. The third-order valence-corrected chi connectivity index (χ3v) is 5.31. The number of hydrogen-bond acceptors (Lipinski definition) is 3. The van der Waals surface area contributed by atoms with Gasteiger partial charge < -0.3 is 9.30 Å². The number of nitrogens with zero attached hydrogens (tertiary/aromatic N) is 3. The highest BCUT2D eigenvalue weighted by Crippen LogP contribution is 2.26. The molecule has 2 rings (SSSR count). The van der Waals surface area contributed by atoms with Crippen molar-refractivity contribution in [3.63, 3.8) is 0 Å². The van der Waals surface area contributed by atoms with Crippen LogP contribution < -0.4 is 0 Å². The van der Waals surface area contributed by atoms with Gasteiger partial charge in [0.1, 0.15) is 0 Å². The summed E-state index contributed by atoms with van der Waals surface area (Å²) in [7, 11) is 1.42. The highest BCUT2D eigenvalue weighted by molar-refractivity contribution is 7.86. The smallest absolute Gasteiger partial charge is 0.281 e. The standard InChI is InChI=1S/C12H21N3O3S/c1-13(2)19(16,17)14-9-11-5-4-7-15(11)12(10-14)6-8-18-3/h4-5,7,12H,6,8-10H2,1-3H3. The largest absolute Gasteiger partial charge is 0.385 e. The minimum Gasteiger partial charge on any atom is -0.385 e. The average molecular weight is 287 g/mol. The molecule has 1 aliphatic rings. The number of hydrogen-bond donors (Lipinski definition) is 0. The van der Waals surface area contributed by atoms with Crippen molar-refractivity contribution in [3.8, 4) is 0 Å². The third kappa shape index (κ3) is 2.84. The van der Waals surface area contributed by atoms with E-state index in [0.29, 0.717) is 19.7 Å². The van der Waals surface area contributed by atoms with Crippen LogP contribution in [-0.4, -0.2) is 56.0 Å². The van der Waals surface area contributed by atoms with Crippen LogP contribution in [0.2, 0.25) is 0 Å². The van der Waals surface area contributed by atoms with Gasteiger partial charge >= 0.3 is 0 Å². The summed E-state index contributed by atoms with van der Waals surface area (Å²) >= 11 is 0. The van der Waals surface area contributed by atoms with Crippen LogP contribution in [0.25, 0.3) is 0 Å². The van der Waals surface area contributed by atoms with E-state index in [-0.39, 0.29) is 6.04 Å². The molecule has 2 heterocycles. The van der Waals surface area contributed by atoms with Gasteiger partial charge in [-0.1, -0.05) is 0 Å². The maximum Gasteiger partial charge on any atom is 0.281 e. The zero-order chi connectivity index (χ0) is 14.0. The van der Waals surface area contributed by atoms with E-state index in [4.69, 9.17) is 4.74 Å². The van der Waals surface area contributed by atoms with Gasteiger partial charge in [0.05, 0.1) is 6.54 Å². The molecule has 0 bridgehead atoms. The van der Waals surface area contributed by atoms with Gasteiger partial charge in [0.25, 0.3) is 10.2 Å². The van der Waals surface area contributed by atoms with Crippen LogP contribution in [-0.2, 0) is 21.5 Å². The van der Waals surface area contributed by atoms with Gasteiger partial charge in [0.15, 0.2) is 0 Å². The second-order valence-corrected chi connectivity index (χ2v) is 7.07. The molecule has 0 saturated carbocycles. The fourth-order valence-corrected chi connectivity index (χ4v) is 3.50. The highest BCUT2D eigenvalue weighted by atomic mass is 32.2. The molecule has 0 N–H and O–H groups in total. The van der Waals surface area contributed by atoms with Crippen LogP contribution in [0.4, 0.5) is 0 Å². The maximum atomic E-state index is 12.2. The summed E-state index contributed by atoms with van der Waals surface area (Å²) in [5.41, 5.74) is 1.03. The molecule has 1 aromatic heterocycles. The zero-order valence-electron chi connectivity index (χ0n) is 11.6. The molecule has 0 aromatic carbocycles. The molecule has 0 aliphatic carbocycles. The lowest BCUT2D eigenvalue weighted by atomic mass is 10.1. The molecular weight excluding hydrogens is 266 g/mol. The summed E-state index contributed by atoms with van der Waals surface area (Å²) < 4.78 is 34.6. The molecule has 0 fully saturated rings. The summed E-state index contributed by atoms with van der Waals surface area (Å²) in [5, 5.41) is 0. The number of aromatic nitrogens is 1. The van der Waals surface area contributed by atoms with Gasteiger partial charge in [0.2, 0.25) is 0 Å². The molecule has 1 aromatic rings. The quantitative estimate of drug-likeness (QED) is 0.800. The maximum absolute atomic E-state index is 12.2. The highest BCUT2D eigenvalue weighted by Gasteiger charge is 2.32. The average Bonchev–Trinajstić information content (AvgIpc) is 2.83. The molecule has 108 valence electrons. The van der Waals surface area contributed by atoms with Gasteiger partial charge in [-0.15, -0.1) is 0 Å². The van der Waals surface area contributed by atoms with E-state index in [1.54, 1.807) is 21.2 Å². The Morgan fingerprint density at radius 3 is 2.84 bits per heavy atom. The van der Waals surface area contributed by atoms with Gasteiger partial charge in [-0.25, -0.2) is 0 Å². The fourth-order valence-electron chi connectivity index (χ4n) is 2.38. The molecule has 6 nitrogen and oxygen atoms in total. The van der Waals surface area contributed by atoms with Gasteiger partial charge in [-0.2, -0.15) is 17.0 Å². The van der Waals surface area contributed by atoms with E-state index < -0.39 is 10.2 Å². The van der Waals surface area contributed by atoms with Gasteiger partial charge in [-0.3, -0.25) is 0 Å². The molecule has 19 heavy (non-hydrogen) atoms. The Morgan fingerprint density at radius 2 is 2.21 bits per heavy atom. The van der Waals surface area contributed by atoms with Crippen LogP contribution in [0.5, 0.6) is 0 Å². The molecule has 1 unspecified atom stereocenters. The van der Waals surface area contributed by atoms with Crippen molar-refractivity contribution in [3.05, 3.63) is 24.0 Å². The fraction of sp³-hybridized carbons (Fsp3) is 0.667. The predicted octanol–water partition coefficient (Wildman–Crippen LogP) is 0.688. The van der Waals surface area contributed by atoms with Crippen LogP contribution in [0.3, 0.4) is 0 Å². The molecule has 0 spiro atoms. The minimum absolute atomic E-state index is 0.133. The van der Waals surface area contributed by atoms with Crippen LogP contribution in [0.15, 0.2) is 18.3 Å². The molecule has 0 saturated heterocycles. The Kier molecular flexibility index (Phi) is 4.29. The Labute approximate surface area is 114 Å². The lowest BCUT2D eigenvalue weighted by Gasteiger charge is -2.35. The summed E-state index contributed by atoms with van der Waals surface area (Å²) in [4.78, 5) is 0. The molecule has 1 atom stereocenters. The van der Waals surface area contributed by atoms with Crippen molar-refractivity contribution in [1.29, 1.82) is 0 Å². The number of methoxy groups -OCH3 is 1. The number of ether oxygens (including phenoxy) is 1. The van der Waals surface area contributed by atoms with Crippen molar-refractivity contribution < 1.29 is 13.2 Å². The monoisotopic (exact) mass is 287 g/mol. The molecular formula is C12H21N3O3S. The van der Waals surface area contributed by atoms with Crippen LogP contribution >= 0.6 is 0 Å². The number of fused-ring (bicyclic) bond motifs is 1. The molecule has 1 aliphatic heterocycles. The first-order valence-corrected chi connectivity index (χ1v) is 7.68. The van der Waals surface area contributed by atoms with E-state index >= 15 is 0 Å². The topological polar surface area (TPSA) is 54.8 Å². The Hall–Kier alpha value is -0.890. The first-order valence-electron chi connectivity index (χ1n) is 6.29. The van der Waals surface area contributed by atoms with Crippen molar-refractivity contribution >= 4 is 10.2 Å². The Bertz CT molecular complexity index is 524. The SMILES string of the molecule is COCCC1CN(S(=O)(=O)N(C)C)Cc2cccn21. The first-order chi connectivity index (χ1) is 8.96. The second-order valence-electron chi connectivity index (χ2n) is 4.92. The normalized spacial score (nSPS) is 20.7. The molecule has 0 radical (unpaired) electrons. The summed E-state index contributed by atoms with van der Waals surface area (Å²) in [6, 6.07) is 4.06. The van der Waals surface area contributed by atoms with E-state index in [1.165, 1.54) is 8.61 Å². The van der Waals surface area contributed by atoms with Crippen LogP contribution in [0, 0.1) is 0 Å². The Balaban J connectivity index is 2.25. The second kappa shape index (κ2) is 5.62. The first kappa shape index (κ1) is 14.5. The van der Waals surface area contributed by atoms with E-state index in [1.807, 2.05) is 18.3 Å². The van der Waals surface area contributed by atoms with E-state index in [2.05, 4.69) is 4.57 Å². The van der Waals surface area contributed by atoms with Crippen molar-refractivity contribution in [2.45, 2.75) is 19.0 Å². The van der Waals surface area contributed by atoms with Gasteiger partial charge in [0, 0.05) is 52.3 Å². The van der Waals surface area contributed by atoms with E-state index in [0.717, 1.165) is 12.1 Å². The minimum atomic E-state index is -3.37. The lowest BCUT2D eigenvalue weighted by Crippen LogP contribution is -2.45. The Morgan fingerprint density at radius 1 is 1.47 bits per heavy atom. The predicted molar refractivity (Wildman–Crippen MR) is 73.0 cm³/mol. The molecule has 7 heteroatoms. The van der Waals surface area contributed by atoms with Crippen molar-refractivity contribution in [2.75, 3.05) is 34.4 Å². The van der Waals surface area contributed by atoms with Crippen molar-refractivity contribution in [1.82, 2.24) is 13.2 Å². The zero-order valence-corrected chi connectivity index (χ0v) is 12.4.